The van der Waals surface area contributed by atoms with Crippen LogP contribution in [0.1, 0.15) is 70.6 Å². The van der Waals surface area contributed by atoms with E-state index in [1.807, 2.05) is 4.90 Å². The monoisotopic (exact) mass is 473 g/mol. The molecule has 2 amide bonds. The number of anilines is 2. The molecule has 4 atom stereocenters. The van der Waals surface area contributed by atoms with Gasteiger partial charge in [0, 0.05) is 36.7 Å². The number of piperidine rings is 2. The van der Waals surface area contributed by atoms with Crippen LogP contribution < -0.4 is 10.2 Å². The lowest BCUT2D eigenvalue weighted by Gasteiger charge is -2.52. The normalized spacial score (nSPS) is 32.0. The van der Waals surface area contributed by atoms with E-state index >= 15 is 4.39 Å². The molecule has 0 radical (unpaired) electrons. The minimum absolute atomic E-state index is 0.0110. The van der Waals surface area contributed by atoms with Crippen molar-refractivity contribution in [2.75, 3.05) is 23.3 Å². The Balaban J connectivity index is 1.31. The number of carbonyl (C=O) groups excluding carboxylic acids is 1. The molecule has 0 spiro atoms. The first-order valence-corrected chi connectivity index (χ1v) is 12.9. The van der Waals surface area contributed by atoms with Crippen molar-refractivity contribution in [1.82, 2.24) is 4.90 Å². The predicted molar refractivity (Wildman–Crippen MR) is 127 cm³/mol. The molecule has 1 saturated carbocycles. The Kier molecular flexibility index (Phi) is 6.44. The van der Waals surface area contributed by atoms with Gasteiger partial charge in [-0.25, -0.2) is 9.18 Å². The highest BCUT2D eigenvalue weighted by Gasteiger charge is 2.57. The number of aliphatic hydroxyl groups is 1. The van der Waals surface area contributed by atoms with E-state index in [4.69, 9.17) is 0 Å². The first kappa shape index (κ1) is 23.4. The van der Waals surface area contributed by atoms with E-state index in [0.29, 0.717) is 37.3 Å². The lowest BCUT2D eigenvalue weighted by molar-refractivity contribution is -0.120. The van der Waals surface area contributed by atoms with Crippen molar-refractivity contribution in [3.8, 4) is 0 Å². The average molecular weight is 474 g/mol. The van der Waals surface area contributed by atoms with Crippen molar-refractivity contribution in [1.29, 1.82) is 0 Å². The van der Waals surface area contributed by atoms with Crippen molar-refractivity contribution in [2.45, 2.75) is 88.3 Å². The van der Waals surface area contributed by atoms with Crippen LogP contribution in [0.15, 0.2) is 18.2 Å². The van der Waals surface area contributed by atoms with Crippen LogP contribution >= 0.6 is 0 Å². The Labute approximate surface area is 200 Å². The lowest BCUT2D eigenvalue weighted by Crippen LogP contribution is -2.62. The molecular weight excluding hydrogens is 437 g/mol. The standard InChI is InChI=1S/C26H36FN3O4/c27-22-13-19(28-24(32)17-5-2-1-3-6-17)8-9-23(22)29-12-4-7-18(16-29)26-11-10-20(14-21(31)15-26)30(26)25(33)34/h8-9,13,17-18,20-21,31H,1-7,10-12,14-16H2,(H,28,32)(H,33,34). The van der Waals surface area contributed by atoms with Crippen molar-refractivity contribution in [3.05, 3.63) is 24.0 Å². The highest BCUT2D eigenvalue weighted by molar-refractivity contribution is 5.92. The molecule has 0 aromatic heterocycles. The fourth-order valence-corrected chi connectivity index (χ4v) is 7.26. The van der Waals surface area contributed by atoms with E-state index in [9.17, 15) is 19.8 Å². The van der Waals surface area contributed by atoms with Crippen molar-refractivity contribution < 1.29 is 24.2 Å². The maximum absolute atomic E-state index is 15.2. The molecule has 3 aliphatic heterocycles. The van der Waals surface area contributed by atoms with E-state index in [1.54, 1.807) is 17.0 Å². The molecule has 5 rings (SSSR count). The molecule has 1 aromatic carbocycles. The van der Waals surface area contributed by atoms with Gasteiger partial charge in [0.15, 0.2) is 0 Å². The number of hydrogen-bond donors (Lipinski definition) is 3. The zero-order valence-electron chi connectivity index (χ0n) is 19.7. The maximum atomic E-state index is 15.2. The zero-order chi connectivity index (χ0) is 23.9. The third-order valence-corrected chi connectivity index (χ3v) is 8.81. The lowest BCUT2D eigenvalue weighted by atomic mass is 9.72. The summed E-state index contributed by atoms with van der Waals surface area (Å²) in [5.74, 6) is -0.341. The van der Waals surface area contributed by atoms with E-state index in [2.05, 4.69) is 5.32 Å². The number of amides is 2. The van der Waals surface area contributed by atoms with Gasteiger partial charge in [-0.2, -0.15) is 0 Å². The molecule has 1 aliphatic carbocycles. The predicted octanol–water partition coefficient (Wildman–Crippen LogP) is 4.60. The average Bonchev–Trinajstić information content (AvgIpc) is 3.09. The van der Waals surface area contributed by atoms with Gasteiger partial charge in [0.05, 0.1) is 17.3 Å². The fraction of sp³-hybridized carbons (Fsp3) is 0.692. The number of hydrogen-bond acceptors (Lipinski definition) is 4. The van der Waals surface area contributed by atoms with Crippen LogP contribution in [0.2, 0.25) is 0 Å². The minimum Gasteiger partial charge on any atom is -0.465 e. The largest absolute Gasteiger partial charge is 0.465 e. The van der Waals surface area contributed by atoms with Crippen LogP contribution in [-0.2, 0) is 4.79 Å². The number of nitrogens with one attached hydrogen (secondary N) is 1. The maximum Gasteiger partial charge on any atom is 0.408 e. The van der Waals surface area contributed by atoms with Crippen molar-refractivity contribution >= 4 is 23.4 Å². The topological polar surface area (TPSA) is 93.1 Å². The van der Waals surface area contributed by atoms with Crippen LogP contribution in [0.4, 0.5) is 20.6 Å². The molecule has 3 saturated heterocycles. The second-order valence-electron chi connectivity index (χ2n) is 10.8. The number of carbonyl (C=O) groups is 2. The number of carboxylic acid groups (broad SMARTS) is 1. The third kappa shape index (κ3) is 4.25. The van der Waals surface area contributed by atoms with E-state index < -0.39 is 17.7 Å². The molecule has 1 aromatic rings. The highest BCUT2D eigenvalue weighted by Crippen LogP contribution is 2.51. The molecule has 4 fully saturated rings. The summed E-state index contributed by atoms with van der Waals surface area (Å²) in [6.07, 6.45) is 7.94. The van der Waals surface area contributed by atoms with Gasteiger partial charge in [-0.1, -0.05) is 19.3 Å². The van der Waals surface area contributed by atoms with Crippen LogP contribution in [0, 0.1) is 17.7 Å². The fourth-order valence-electron chi connectivity index (χ4n) is 7.26. The Hall–Kier alpha value is -2.35. The van der Waals surface area contributed by atoms with Crippen molar-refractivity contribution in [3.63, 3.8) is 0 Å². The number of fused-ring (bicyclic) bond motifs is 2. The Bertz CT molecular complexity index is 937. The van der Waals surface area contributed by atoms with Gasteiger partial charge in [-0.05, 0) is 69.6 Å². The van der Waals surface area contributed by atoms with Gasteiger partial charge < -0.3 is 20.4 Å². The third-order valence-electron chi connectivity index (χ3n) is 8.81. The minimum atomic E-state index is -0.907. The second kappa shape index (κ2) is 9.36. The summed E-state index contributed by atoms with van der Waals surface area (Å²) in [5.41, 5.74) is 0.400. The molecule has 34 heavy (non-hydrogen) atoms. The number of halogens is 1. The van der Waals surface area contributed by atoms with E-state index in [-0.39, 0.29) is 29.6 Å². The Morgan fingerprint density at radius 3 is 2.62 bits per heavy atom. The molecule has 8 heteroatoms. The summed E-state index contributed by atoms with van der Waals surface area (Å²) in [4.78, 5) is 28.3. The van der Waals surface area contributed by atoms with Gasteiger partial charge in [-0.15, -0.1) is 0 Å². The summed E-state index contributed by atoms with van der Waals surface area (Å²) in [5, 5.41) is 23.3. The Morgan fingerprint density at radius 2 is 1.88 bits per heavy atom. The molecular formula is C26H36FN3O4. The van der Waals surface area contributed by atoms with Crippen LogP contribution in [0.25, 0.3) is 0 Å². The first-order valence-electron chi connectivity index (χ1n) is 12.9. The summed E-state index contributed by atoms with van der Waals surface area (Å²) < 4.78 is 15.2. The smallest absolute Gasteiger partial charge is 0.408 e. The van der Waals surface area contributed by atoms with Gasteiger partial charge >= 0.3 is 6.09 Å². The van der Waals surface area contributed by atoms with Gasteiger partial charge in [-0.3, -0.25) is 9.69 Å². The van der Waals surface area contributed by atoms with Crippen LogP contribution in [-0.4, -0.2) is 57.9 Å². The number of rotatable bonds is 4. The summed E-state index contributed by atoms with van der Waals surface area (Å²) in [6.45, 7) is 1.27. The van der Waals surface area contributed by atoms with Gasteiger partial charge in [0.1, 0.15) is 5.82 Å². The van der Waals surface area contributed by atoms with Gasteiger partial charge in [0.25, 0.3) is 0 Å². The van der Waals surface area contributed by atoms with E-state index in [1.165, 1.54) is 12.5 Å². The summed E-state index contributed by atoms with van der Waals surface area (Å²) in [7, 11) is 0. The second-order valence-corrected chi connectivity index (χ2v) is 10.8. The number of nitrogens with zero attached hydrogens (tertiary/aromatic N) is 2. The van der Waals surface area contributed by atoms with Crippen LogP contribution in [0.3, 0.4) is 0 Å². The van der Waals surface area contributed by atoms with Crippen LogP contribution in [0.5, 0.6) is 0 Å². The molecule has 186 valence electrons. The quantitative estimate of drug-likeness (QED) is 0.595. The number of benzene rings is 1. The molecule has 4 unspecified atom stereocenters. The molecule has 7 nitrogen and oxygen atoms in total. The Morgan fingerprint density at radius 1 is 1.09 bits per heavy atom. The van der Waals surface area contributed by atoms with E-state index in [0.717, 1.165) is 51.4 Å². The molecule has 4 aliphatic rings. The van der Waals surface area contributed by atoms with Crippen molar-refractivity contribution in [2.24, 2.45) is 11.8 Å². The zero-order valence-corrected chi connectivity index (χ0v) is 19.7. The van der Waals surface area contributed by atoms with Gasteiger partial charge in [0.2, 0.25) is 5.91 Å². The first-order chi connectivity index (χ1) is 16.4. The summed E-state index contributed by atoms with van der Waals surface area (Å²) in [6, 6.07) is 4.77. The molecule has 3 heterocycles. The SMILES string of the molecule is O=C(Nc1ccc(N2CCCC(C34CCC(CC(O)C3)N4C(=O)O)C2)c(F)c1)C1CCCCC1. The summed E-state index contributed by atoms with van der Waals surface area (Å²) >= 11 is 0. The highest BCUT2D eigenvalue weighted by atomic mass is 19.1. The molecule has 2 bridgehead atoms. The molecule has 3 N–H and O–H groups in total. The number of aliphatic hydroxyl groups excluding tert-OH is 1.